The quantitative estimate of drug-likeness (QED) is 0.933. The van der Waals surface area contributed by atoms with E-state index in [0.29, 0.717) is 0 Å². The van der Waals surface area contributed by atoms with Gasteiger partial charge in [-0.1, -0.05) is 0 Å². The first-order chi connectivity index (χ1) is 9.64. The van der Waals surface area contributed by atoms with Crippen LogP contribution >= 0.6 is 0 Å². The highest BCUT2D eigenvalue weighted by Crippen LogP contribution is 2.20. The van der Waals surface area contributed by atoms with Gasteiger partial charge < -0.3 is 14.5 Å². The normalized spacial score (nSPS) is 24.1. The molecule has 0 aliphatic carbocycles. The third-order valence-electron chi connectivity index (χ3n) is 3.61. The number of H-pyrrole nitrogens is 1. The number of nitrogens with zero attached hydrogens (tertiary/aromatic N) is 2. The molecule has 0 radical (unpaired) electrons. The number of aromatic amines is 1. The van der Waals surface area contributed by atoms with Gasteiger partial charge in [0.1, 0.15) is 11.6 Å². The molecule has 0 saturated carbocycles. The highest BCUT2D eigenvalue weighted by atomic mass is 16.5. The van der Waals surface area contributed by atoms with Gasteiger partial charge in [0.15, 0.2) is 0 Å². The van der Waals surface area contributed by atoms with Crippen molar-refractivity contribution in [3.05, 3.63) is 24.0 Å². The molecule has 0 spiro atoms. The Balaban J connectivity index is 1.77. The van der Waals surface area contributed by atoms with Crippen LogP contribution in [0.15, 0.2) is 18.2 Å². The first-order valence-electron chi connectivity index (χ1n) is 7.04. The number of morpholine rings is 1. The van der Waals surface area contributed by atoms with Crippen molar-refractivity contribution >= 4 is 11.0 Å². The highest BCUT2D eigenvalue weighted by molar-refractivity contribution is 5.76. The molecule has 1 aromatic carbocycles. The van der Waals surface area contributed by atoms with Gasteiger partial charge in [-0.25, -0.2) is 4.98 Å². The van der Waals surface area contributed by atoms with Gasteiger partial charge in [-0.15, -0.1) is 0 Å². The van der Waals surface area contributed by atoms with E-state index in [1.807, 2.05) is 18.2 Å². The number of hydrogen-bond acceptors (Lipinski definition) is 4. The molecule has 1 fully saturated rings. The Morgan fingerprint density at radius 3 is 2.80 bits per heavy atom. The SMILES string of the molecule is COc1ccc2nc(CN3CC(C)OC(C)C3)[nH]c2c1. The third kappa shape index (κ3) is 2.78. The summed E-state index contributed by atoms with van der Waals surface area (Å²) in [5.74, 6) is 1.84. The molecule has 2 aromatic rings. The van der Waals surface area contributed by atoms with E-state index in [0.717, 1.165) is 42.2 Å². The number of hydrogen-bond donors (Lipinski definition) is 1. The lowest BCUT2D eigenvalue weighted by atomic mass is 10.2. The Morgan fingerprint density at radius 2 is 2.10 bits per heavy atom. The predicted molar refractivity (Wildman–Crippen MR) is 77.9 cm³/mol. The van der Waals surface area contributed by atoms with Gasteiger partial charge in [0.25, 0.3) is 0 Å². The minimum atomic E-state index is 0.281. The number of methoxy groups -OCH3 is 1. The van der Waals surface area contributed by atoms with Gasteiger partial charge in [0, 0.05) is 19.2 Å². The molecule has 108 valence electrons. The molecule has 1 saturated heterocycles. The van der Waals surface area contributed by atoms with Crippen LogP contribution in [0.3, 0.4) is 0 Å². The molecule has 1 N–H and O–H groups in total. The van der Waals surface area contributed by atoms with Gasteiger partial charge in [-0.05, 0) is 26.0 Å². The summed E-state index contributed by atoms with van der Waals surface area (Å²) in [6, 6.07) is 5.90. The monoisotopic (exact) mass is 275 g/mol. The summed E-state index contributed by atoms with van der Waals surface area (Å²) in [4.78, 5) is 10.4. The number of aromatic nitrogens is 2. The standard InChI is InChI=1S/C15H21N3O2/c1-10-7-18(8-11(2)20-10)9-15-16-13-5-4-12(19-3)6-14(13)17-15/h4-6,10-11H,7-9H2,1-3H3,(H,16,17). The molecule has 1 aliphatic heterocycles. The number of rotatable bonds is 3. The predicted octanol–water partition coefficient (Wildman–Crippen LogP) is 2.18. The lowest BCUT2D eigenvalue weighted by Gasteiger charge is -2.34. The van der Waals surface area contributed by atoms with Crippen molar-refractivity contribution < 1.29 is 9.47 Å². The van der Waals surface area contributed by atoms with E-state index in [9.17, 15) is 0 Å². The van der Waals surface area contributed by atoms with Crippen molar-refractivity contribution in [3.63, 3.8) is 0 Å². The Hall–Kier alpha value is -1.59. The number of nitrogens with one attached hydrogen (secondary N) is 1. The van der Waals surface area contributed by atoms with Gasteiger partial charge in [0.2, 0.25) is 0 Å². The Labute approximate surface area is 118 Å². The van der Waals surface area contributed by atoms with Crippen molar-refractivity contribution in [2.45, 2.75) is 32.6 Å². The van der Waals surface area contributed by atoms with Crippen molar-refractivity contribution in [2.75, 3.05) is 20.2 Å². The van der Waals surface area contributed by atoms with Crippen LogP contribution < -0.4 is 4.74 Å². The van der Waals surface area contributed by atoms with E-state index < -0.39 is 0 Å². The van der Waals surface area contributed by atoms with Gasteiger partial charge in [0.05, 0.1) is 36.9 Å². The van der Waals surface area contributed by atoms with Gasteiger partial charge in [-0.3, -0.25) is 4.90 Å². The maximum atomic E-state index is 5.75. The van der Waals surface area contributed by atoms with E-state index in [1.165, 1.54) is 0 Å². The fraction of sp³-hybridized carbons (Fsp3) is 0.533. The number of ether oxygens (including phenoxy) is 2. The van der Waals surface area contributed by atoms with Crippen molar-refractivity contribution in [1.82, 2.24) is 14.9 Å². The average Bonchev–Trinajstić information content (AvgIpc) is 2.78. The van der Waals surface area contributed by atoms with Crippen LogP contribution in [-0.2, 0) is 11.3 Å². The minimum absolute atomic E-state index is 0.281. The van der Waals surface area contributed by atoms with Crippen LogP contribution in [0.5, 0.6) is 5.75 Å². The summed E-state index contributed by atoms with van der Waals surface area (Å²) in [6.45, 7) is 6.96. The summed E-state index contributed by atoms with van der Waals surface area (Å²) >= 11 is 0. The number of imidazole rings is 1. The molecule has 1 aromatic heterocycles. The highest BCUT2D eigenvalue weighted by Gasteiger charge is 2.22. The second-order valence-electron chi connectivity index (χ2n) is 5.52. The molecule has 1 aliphatic rings. The molecule has 0 amide bonds. The second kappa shape index (κ2) is 5.42. The fourth-order valence-corrected chi connectivity index (χ4v) is 2.87. The summed E-state index contributed by atoms with van der Waals surface area (Å²) < 4.78 is 11.0. The van der Waals surface area contributed by atoms with Crippen LogP contribution in [0.4, 0.5) is 0 Å². The lowest BCUT2D eigenvalue weighted by Crippen LogP contribution is -2.44. The van der Waals surface area contributed by atoms with Crippen LogP contribution in [-0.4, -0.2) is 47.3 Å². The van der Waals surface area contributed by atoms with E-state index >= 15 is 0 Å². The zero-order valence-corrected chi connectivity index (χ0v) is 12.2. The molecule has 2 unspecified atom stereocenters. The lowest BCUT2D eigenvalue weighted by molar-refractivity contribution is -0.0710. The molecule has 5 heteroatoms. The van der Waals surface area contributed by atoms with E-state index in [4.69, 9.17) is 9.47 Å². The van der Waals surface area contributed by atoms with Crippen molar-refractivity contribution in [3.8, 4) is 5.75 Å². The summed E-state index contributed by atoms with van der Waals surface area (Å²) in [7, 11) is 1.68. The first kappa shape index (κ1) is 13.4. The van der Waals surface area contributed by atoms with Crippen LogP contribution in [0.25, 0.3) is 11.0 Å². The van der Waals surface area contributed by atoms with Crippen molar-refractivity contribution in [2.24, 2.45) is 0 Å². The number of fused-ring (bicyclic) bond motifs is 1. The van der Waals surface area contributed by atoms with E-state index in [2.05, 4.69) is 28.7 Å². The minimum Gasteiger partial charge on any atom is -0.497 e. The van der Waals surface area contributed by atoms with Gasteiger partial charge in [-0.2, -0.15) is 0 Å². The summed E-state index contributed by atoms with van der Waals surface area (Å²) in [6.07, 6.45) is 0.562. The maximum Gasteiger partial charge on any atom is 0.121 e. The Bertz CT molecular complexity index is 586. The zero-order valence-electron chi connectivity index (χ0n) is 12.2. The summed E-state index contributed by atoms with van der Waals surface area (Å²) in [5, 5.41) is 0. The molecule has 0 bridgehead atoms. The van der Waals surface area contributed by atoms with Crippen molar-refractivity contribution in [1.29, 1.82) is 0 Å². The molecule has 5 nitrogen and oxygen atoms in total. The van der Waals surface area contributed by atoms with Crippen LogP contribution in [0.2, 0.25) is 0 Å². The Morgan fingerprint density at radius 1 is 1.35 bits per heavy atom. The smallest absolute Gasteiger partial charge is 0.121 e. The maximum absolute atomic E-state index is 5.75. The summed E-state index contributed by atoms with van der Waals surface area (Å²) in [5.41, 5.74) is 2.00. The molecule has 20 heavy (non-hydrogen) atoms. The second-order valence-corrected chi connectivity index (χ2v) is 5.52. The molecular weight excluding hydrogens is 254 g/mol. The molecule has 2 atom stereocenters. The molecule has 3 rings (SSSR count). The van der Waals surface area contributed by atoms with E-state index in [-0.39, 0.29) is 12.2 Å². The molecule has 2 heterocycles. The Kier molecular flexibility index (Phi) is 3.63. The van der Waals surface area contributed by atoms with Gasteiger partial charge >= 0.3 is 0 Å². The fourth-order valence-electron chi connectivity index (χ4n) is 2.87. The van der Waals surface area contributed by atoms with E-state index in [1.54, 1.807) is 7.11 Å². The zero-order chi connectivity index (χ0) is 14.1. The van der Waals surface area contributed by atoms with Crippen LogP contribution in [0.1, 0.15) is 19.7 Å². The topological polar surface area (TPSA) is 50.4 Å². The first-order valence-corrected chi connectivity index (χ1v) is 7.04. The molecular formula is C15H21N3O2. The average molecular weight is 275 g/mol. The third-order valence-corrected chi connectivity index (χ3v) is 3.61. The largest absolute Gasteiger partial charge is 0.497 e. The number of benzene rings is 1. The van der Waals surface area contributed by atoms with Crippen LogP contribution in [0, 0.1) is 0 Å².